The highest BCUT2D eigenvalue weighted by atomic mass is 35.5. The molecule has 0 bridgehead atoms. The first-order valence-electron chi connectivity index (χ1n) is 10.0. The van der Waals surface area contributed by atoms with Gasteiger partial charge < -0.3 is 21.3 Å². The smallest absolute Gasteiger partial charge is 0.317 e. The topological polar surface area (TPSA) is 129 Å². The Hall–Kier alpha value is -2.65. The van der Waals surface area contributed by atoms with Crippen LogP contribution in [0.15, 0.2) is 24.3 Å². The van der Waals surface area contributed by atoms with Gasteiger partial charge in [-0.2, -0.15) is 5.10 Å². The Morgan fingerprint density at radius 1 is 1.30 bits per heavy atom. The number of nitrogens with two attached hydrogens (primary N) is 1. The van der Waals surface area contributed by atoms with E-state index in [-0.39, 0.29) is 30.3 Å². The number of carbonyl (C=O) groups is 2. The number of H-pyrrole nitrogens is 1. The van der Waals surface area contributed by atoms with Gasteiger partial charge in [-0.15, -0.1) is 12.4 Å². The molecule has 2 heterocycles. The predicted octanol–water partition coefficient (Wildman–Crippen LogP) is 2.37. The summed E-state index contributed by atoms with van der Waals surface area (Å²) in [5.74, 6) is 1.30. The van der Waals surface area contributed by atoms with Crippen LogP contribution < -0.4 is 16.4 Å². The van der Waals surface area contributed by atoms with Crippen LogP contribution in [0.1, 0.15) is 32.5 Å². The second-order valence-corrected chi connectivity index (χ2v) is 7.74. The summed E-state index contributed by atoms with van der Waals surface area (Å²) < 4.78 is 0. The first-order valence-corrected chi connectivity index (χ1v) is 10.0. The Morgan fingerprint density at radius 3 is 2.67 bits per heavy atom. The molecule has 1 aromatic heterocycles. The van der Waals surface area contributed by atoms with Gasteiger partial charge in [0.25, 0.3) is 0 Å². The zero-order chi connectivity index (χ0) is 20.8. The Balaban J connectivity index is 0.00000320. The van der Waals surface area contributed by atoms with E-state index in [1.807, 2.05) is 24.3 Å². The molecule has 0 spiro atoms. The molecular weight excluding hydrogens is 406 g/mol. The Morgan fingerprint density at radius 2 is 2.03 bits per heavy atom. The zero-order valence-electron chi connectivity index (χ0n) is 17.4. The number of aromatic nitrogens is 3. The lowest BCUT2D eigenvalue weighted by atomic mass is 9.97. The van der Waals surface area contributed by atoms with E-state index in [4.69, 9.17) is 5.73 Å². The number of amides is 3. The second-order valence-electron chi connectivity index (χ2n) is 7.74. The van der Waals surface area contributed by atoms with E-state index >= 15 is 0 Å². The van der Waals surface area contributed by atoms with Crippen LogP contribution in [0.2, 0.25) is 0 Å². The summed E-state index contributed by atoms with van der Waals surface area (Å²) >= 11 is 0. The summed E-state index contributed by atoms with van der Waals surface area (Å²) in [7, 11) is 0. The molecule has 1 aliphatic heterocycles. The van der Waals surface area contributed by atoms with E-state index in [0.29, 0.717) is 49.4 Å². The molecule has 1 atom stereocenters. The molecule has 3 rings (SSSR count). The number of rotatable bonds is 6. The van der Waals surface area contributed by atoms with Crippen molar-refractivity contribution in [2.24, 2.45) is 17.6 Å². The zero-order valence-corrected chi connectivity index (χ0v) is 18.2. The quantitative estimate of drug-likeness (QED) is 0.553. The molecule has 0 saturated carbocycles. The number of anilines is 1. The summed E-state index contributed by atoms with van der Waals surface area (Å²) in [5.41, 5.74) is 7.08. The van der Waals surface area contributed by atoms with E-state index in [2.05, 4.69) is 39.7 Å². The van der Waals surface area contributed by atoms with E-state index in [1.165, 1.54) is 0 Å². The van der Waals surface area contributed by atoms with Crippen molar-refractivity contribution in [3.63, 3.8) is 0 Å². The van der Waals surface area contributed by atoms with Crippen molar-refractivity contribution < 1.29 is 9.59 Å². The number of hydrogen-bond donors (Lipinski definition) is 4. The molecule has 10 heteroatoms. The molecule has 1 aliphatic rings. The molecule has 0 aliphatic carbocycles. The number of nitrogens with zero attached hydrogens (tertiary/aromatic N) is 3. The van der Waals surface area contributed by atoms with Gasteiger partial charge in [-0.3, -0.25) is 9.89 Å². The highest BCUT2D eigenvalue weighted by molar-refractivity contribution is 5.93. The number of benzene rings is 1. The van der Waals surface area contributed by atoms with Crippen molar-refractivity contribution in [3.8, 4) is 11.4 Å². The molecule has 1 unspecified atom stereocenters. The summed E-state index contributed by atoms with van der Waals surface area (Å²) in [4.78, 5) is 31.0. The van der Waals surface area contributed by atoms with Gasteiger partial charge in [0.2, 0.25) is 5.91 Å². The van der Waals surface area contributed by atoms with Crippen LogP contribution in [0.25, 0.3) is 11.4 Å². The monoisotopic (exact) mass is 435 g/mol. The van der Waals surface area contributed by atoms with E-state index < -0.39 is 0 Å². The first kappa shape index (κ1) is 23.6. The maximum absolute atomic E-state index is 12.7. The molecule has 30 heavy (non-hydrogen) atoms. The SMILES string of the molecule is CC(C)CNC(=O)N1CCCC(C(=O)Nc2ccc(-c3n[nH]c(CN)n3)cc2)C1.Cl. The minimum absolute atomic E-state index is 0. The van der Waals surface area contributed by atoms with Gasteiger partial charge in [0.15, 0.2) is 5.82 Å². The normalized spacial score (nSPS) is 16.1. The average molecular weight is 436 g/mol. The fourth-order valence-corrected chi connectivity index (χ4v) is 3.24. The van der Waals surface area contributed by atoms with E-state index in [1.54, 1.807) is 4.90 Å². The predicted molar refractivity (Wildman–Crippen MR) is 118 cm³/mol. The number of aromatic amines is 1. The van der Waals surface area contributed by atoms with Crippen LogP contribution in [-0.2, 0) is 11.3 Å². The van der Waals surface area contributed by atoms with E-state index in [9.17, 15) is 9.59 Å². The van der Waals surface area contributed by atoms with Gasteiger partial charge in [0.05, 0.1) is 12.5 Å². The maximum atomic E-state index is 12.7. The molecule has 1 saturated heterocycles. The van der Waals surface area contributed by atoms with Gasteiger partial charge in [-0.1, -0.05) is 13.8 Å². The van der Waals surface area contributed by atoms with Crippen molar-refractivity contribution in [3.05, 3.63) is 30.1 Å². The van der Waals surface area contributed by atoms with Crippen LogP contribution in [0.4, 0.5) is 10.5 Å². The lowest BCUT2D eigenvalue weighted by Gasteiger charge is -2.32. The number of carbonyl (C=O) groups excluding carboxylic acids is 2. The van der Waals surface area contributed by atoms with Crippen LogP contribution in [0, 0.1) is 11.8 Å². The summed E-state index contributed by atoms with van der Waals surface area (Å²) in [6, 6.07) is 7.25. The average Bonchev–Trinajstić information content (AvgIpc) is 3.22. The number of urea groups is 1. The minimum Gasteiger partial charge on any atom is -0.338 e. The molecular formula is C20H30ClN7O2. The largest absolute Gasteiger partial charge is 0.338 e. The van der Waals surface area contributed by atoms with Crippen molar-refractivity contribution >= 4 is 30.0 Å². The molecule has 0 radical (unpaired) electrons. The number of nitrogens with one attached hydrogen (secondary N) is 3. The van der Waals surface area contributed by atoms with E-state index in [0.717, 1.165) is 18.4 Å². The summed E-state index contributed by atoms with van der Waals surface area (Å²) in [6.45, 7) is 6.16. The Kier molecular flexibility index (Phi) is 8.61. The van der Waals surface area contributed by atoms with Crippen LogP contribution in [-0.4, -0.2) is 51.7 Å². The molecule has 2 aromatic rings. The second kappa shape index (κ2) is 10.9. The third-order valence-electron chi connectivity index (χ3n) is 4.88. The minimum atomic E-state index is -0.214. The third kappa shape index (κ3) is 6.17. The van der Waals surface area contributed by atoms with Crippen LogP contribution >= 0.6 is 12.4 Å². The van der Waals surface area contributed by atoms with Crippen LogP contribution in [0.5, 0.6) is 0 Å². The molecule has 1 aromatic carbocycles. The van der Waals surface area contributed by atoms with Gasteiger partial charge in [-0.05, 0) is 43.0 Å². The Bertz CT molecular complexity index is 838. The maximum Gasteiger partial charge on any atom is 0.317 e. The third-order valence-corrected chi connectivity index (χ3v) is 4.88. The Labute approximate surface area is 182 Å². The molecule has 3 amide bonds. The van der Waals surface area contributed by atoms with Gasteiger partial charge in [0.1, 0.15) is 5.82 Å². The number of halogens is 1. The fourth-order valence-electron chi connectivity index (χ4n) is 3.24. The lowest BCUT2D eigenvalue weighted by molar-refractivity contribution is -0.121. The van der Waals surface area contributed by atoms with Crippen LogP contribution in [0.3, 0.4) is 0 Å². The van der Waals surface area contributed by atoms with Crippen molar-refractivity contribution in [2.75, 3.05) is 25.0 Å². The molecule has 164 valence electrons. The molecule has 9 nitrogen and oxygen atoms in total. The lowest BCUT2D eigenvalue weighted by Crippen LogP contribution is -2.48. The standard InChI is InChI=1S/C20H29N7O2.ClH/c1-13(2)11-22-20(29)27-9-3-4-15(12-27)19(28)23-16-7-5-14(6-8-16)18-24-17(10-21)25-26-18;/h5-8,13,15H,3-4,9-12,21H2,1-2H3,(H,22,29)(H,23,28)(H,24,25,26);1H. The first-order chi connectivity index (χ1) is 14.0. The number of piperidine rings is 1. The van der Waals surface area contributed by atoms with Gasteiger partial charge in [-0.25, -0.2) is 9.78 Å². The number of hydrogen-bond acceptors (Lipinski definition) is 5. The molecule has 5 N–H and O–H groups in total. The van der Waals surface area contributed by atoms with Crippen molar-refractivity contribution in [1.82, 2.24) is 25.4 Å². The van der Waals surface area contributed by atoms with Gasteiger partial charge >= 0.3 is 6.03 Å². The summed E-state index contributed by atoms with van der Waals surface area (Å²) in [5, 5.41) is 12.8. The number of likely N-dealkylation sites (tertiary alicyclic amines) is 1. The van der Waals surface area contributed by atoms with Gasteiger partial charge in [0, 0.05) is 30.9 Å². The highest BCUT2D eigenvalue weighted by Crippen LogP contribution is 2.21. The summed E-state index contributed by atoms with van der Waals surface area (Å²) in [6.07, 6.45) is 1.59. The highest BCUT2D eigenvalue weighted by Gasteiger charge is 2.28. The molecule has 1 fully saturated rings. The van der Waals surface area contributed by atoms with Crippen molar-refractivity contribution in [1.29, 1.82) is 0 Å². The van der Waals surface area contributed by atoms with Crippen molar-refractivity contribution in [2.45, 2.75) is 33.2 Å². The fraction of sp³-hybridized carbons (Fsp3) is 0.500.